The summed E-state index contributed by atoms with van der Waals surface area (Å²) in [7, 11) is 0. The Morgan fingerprint density at radius 1 is 1.17 bits per heavy atom. The molecule has 2 amide bonds. The molecule has 1 saturated heterocycles. The summed E-state index contributed by atoms with van der Waals surface area (Å²) in [6.07, 6.45) is 3.43. The van der Waals surface area contributed by atoms with Crippen LogP contribution < -0.4 is 10.2 Å². The molecule has 4 nitrogen and oxygen atoms in total. The maximum Gasteiger partial charge on any atom is 0.256 e. The molecular weight excluding hydrogens is 308 g/mol. The van der Waals surface area contributed by atoms with Crippen LogP contribution in [0.2, 0.25) is 0 Å². The molecule has 1 heterocycles. The van der Waals surface area contributed by atoms with E-state index < -0.39 is 0 Å². The number of amides is 2. The first-order valence-electron chi connectivity index (χ1n) is 7.54. The number of hydrogen-bond donors (Lipinski definition) is 1. The second kappa shape index (κ2) is 6.87. The van der Waals surface area contributed by atoms with Crippen molar-refractivity contribution in [2.45, 2.75) is 17.7 Å². The Bertz CT molecular complexity index is 745. The Kier molecular flexibility index (Phi) is 4.67. The summed E-state index contributed by atoms with van der Waals surface area (Å²) < 4.78 is 0. The lowest BCUT2D eigenvalue weighted by Crippen LogP contribution is -2.23. The van der Waals surface area contributed by atoms with Crippen LogP contribution in [0.25, 0.3) is 0 Å². The molecule has 0 atom stereocenters. The van der Waals surface area contributed by atoms with E-state index in [0.29, 0.717) is 17.7 Å². The average Bonchev–Trinajstić information content (AvgIpc) is 3.01. The van der Waals surface area contributed by atoms with Gasteiger partial charge in [-0.1, -0.05) is 18.2 Å². The molecular formula is C18H18N2O2S. The van der Waals surface area contributed by atoms with E-state index in [-0.39, 0.29) is 11.8 Å². The van der Waals surface area contributed by atoms with Gasteiger partial charge in [0.05, 0.1) is 5.56 Å². The Labute approximate surface area is 139 Å². The first-order valence-corrected chi connectivity index (χ1v) is 8.76. The van der Waals surface area contributed by atoms with Crippen molar-refractivity contribution in [3.8, 4) is 0 Å². The van der Waals surface area contributed by atoms with Crippen LogP contribution in [0.1, 0.15) is 23.2 Å². The van der Waals surface area contributed by atoms with Gasteiger partial charge in [-0.05, 0) is 43.0 Å². The topological polar surface area (TPSA) is 49.4 Å². The van der Waals surface area contributed by atoms with Gasteiger partial charge < -0.3 is 10.2 Å². The Morgan fingerprint density at radius 3 is 2.74 bits per heavy atom. The summed E-state index contributed by atoms with van der Waals surface area (Å²) in [4.78, 5) is 27.0. The minimum atomic E-state index is -0.139. The lowest BCUT2D eigenvalue weighted by atomic mass is 10.2. The zero-order valence-electron chi connectivity index (χ0n) is 12.9. The van der Waals surface area contributed by atoms with E-state index in [9.17, 15) is 9.59 Å². The largest absolute Gasteiger partial charge is 0.322 e. The van der Waals surface area contributed by atoms with Gasteiger partial charge in [0, 0.05) is 29.2 Å². The fraction of sp³-hybridized carbons (Fsp3) is 0.222. The third kappa shape index (κ3) is 3.40. The Hall–Kier alpha value is -2.27. The molecule has 1 N–H and O–H groups in total. The van der Waals surface area contributed by atoms with Crippen LogP contribution in [0.15, 0.2) is 53.4 Å². The van der Waals surface area contributed by atoms with Crippen molar-refractivity contribution in [3.63, 3.8) is 0 Å². The Morgan fingerprint density at radius 2 is 2.00 bits per heavy atom. The molecule has 1 aliphatic heterocycles. The number of carbonyl (C=O) groups excluding carboxylic acids is 2. The lowest BCUT2D eigenvalue weighted by molar-refractivity contribution is -0.117. The number of nitrogens with one attached hydrogen (secondary N) is 1. The van der Waals surface area contributed by atoms with Crippen molar-refractivity contribution < 1.29 is 9.59 Å². The van der Waals surface area contributed by atoms with Gasteiger partial charge in [0.25, 0.3) is 5.91 Å². The molecule has 2 aromatic rings. The summed E-state index contributed by atoms with van der Waals surface area (Å²) in [5.74, 6) is 0.000976. The van der Waals surface area contributed by atoms with Gasteiger partial charge in [-0.3, -0.25) is 9.59 Å². The van der Waals surface area contributed by atoms with Gasteiger partial charge in [-0.15, -0.1) is 11.8 Å². The molecule has 0 spiro atoms. The monoisotopic (exact) mass is 326 g/mol. The van der Waals surface area contributed by atoms with Crippen LogP contribution >= 0.6 is 11.8 Å². The maximum absolute atomic E-state index is 12.5. The molecule has 0 radical (unpaired) electrons. The van der Waals surface area contributed by atoms with Crippen LogP contribution in [-0.2, 0) is 4.79 Å². The third-order valence-corrected chi connectivity index (χ3v) is 4.64. The molecule has 0 aromatic heterocycles. The number of benzene rings is 2. The normalized spacial score (nSPS) is 14.1. The van der Waals surface area contributed by atoms with Crippen molar-refractivity contribution in [2.24, 2.45) is 0 Å². The van der Waals surface area contributed by atoms with Crippen LogP contribution in [-0.4, -0.2) is 24.6 Å². The number of hydrogen-bond acceptors (Lipinski definition) is 3. The van der Waals surface area contributed by atoms with Gasteiger partial charge in [0.1, 0.15) is 0 Å². The highest BCUT2D eigenvalue weighted by Crippen LogP contribution is 2.25. The van der Waals surface area contributed by atoms with Crippen molar-refractivity contribution in [3.05, 3.63) is 54.1 Å². The number of nitrogens with zero attached hydrogens (tertiary/aromatic N) is 1. The van der Waals surface area contributed by atoms with E-state index in [4.69, 9.17) is 0 Å². The summed E-state index contributed by atoms with van der Waals surface area (Å²) >= 11 is 1.54. The quantitative estimate of drug-likeness (QED) is 0.870. The molecule has 0 saturated carbocycles. The number of carbonyl (C=O) groups is 2. The molecule has 23 heavy (non-hydrogen) atoms. The van der Waals surface area contributed by atoms with Crippen LogP contribution in [0.5, 0.6) is 0 Å². The highest BCUT2D eigenvalue weighted by atomic mass is 32.2. The predicted molar refractivity (Wildman–Crippen MR) is 94.2 cm³/mol. The molecule has 0 bridgehead atoms. The van der Waals surface area contributed by atoms with E-state index >= 15 is 0 Å². The van der Waals surface area contributed by atoms with E-state index in [0.717, 1.165) is 23.5 Å². The average molecular weight is 326 g/mol. The zero-order chi connectivity index (χ0) is 16.2. The molecule has 0 unspecified atom stereocenters. The van der Waals surface area contributed by atoms with Gasteiger partial charge in [-0.25, -0.2) is 0 Å². The molecule has 1 aliphatic rings. The van der Waals surface area contributed by atoms with E-state index in [2.05, 4.69) is 5.32 Å². The van der Waals surface area contributed by atoms with Crippen molar-refractivity contribution >= 4 is 35.0 Å². The zero-order valence-corrected chi connectivity index (χ0v) is 13.7. The van der Waals surface area contributed by atoms with Crippen molar-refractivity contribution in [1.82, 2.24) is 0 Å². The lowest BCUT2D eigenvalue weighted by Gasteiger charge is -2.17. The van der Waals surface area contributed by atoms with Gasteiger partial charge in [-0.2, -0.15) is 0 Å². The smallest absolute Gasteiger partial charge is 0.256 e. The first-order chi connectivity index (χ1) is 11.2. The standard InChI is InChI=1S/C18H18N2O2S/c1-23-16-9-3-2-8-15(16)18(22)19-13-6-4-7-14(12-13)20-11-5-10-17(20)21/h2-4,6-9,12H,5,10-11H2,1H3,(H,19,22). The maximum atomic E-state index is 12.5. The molecule has 5 heteroatoms. The fourth-order valence-electron chi connectivity index (χ4n) is 2.70. The van der Waals surface area contributed by atoms with Crippen LogP contribution in [0.4, 0.5) is 11.4 Å². The third-order valence-electron chi connectivity index (χ3n) is 3.84. The summed E-state index contributed by atoms with van der Waals surface area (Å²) in [6, 6.07) is 15.0. The summed E-state index contributed by atoms with van der Waals surface area (Å²) in [5, 5.41) is 2.92. The SMILES string of the molecule is CSc1ccccc1C(=O)Nc1cccc(N2CCCC2=O)c1. The minimum absolute atomic E-state index is 0.139. The van der Waals surface area contributed by atoms with Crippen LogP contribution in [0.3, 0.4) is 0 Å². The molecule has 0 aliphatic carbocycles. The van der Waals surface area contributed by atoms with E-state index in [1.165, 1.54) is 0 Å². The molecule has 1 fully saturated rings. The van der Waals surface area contributed by atoms with Gasteiger partial charge in [0.2, 0.25) is 5.91 Å². The Balaban J connectivity index is 1.80. The van der Waals surface area contributed by atoms with Gasteiger partial charge >= 0.3 is 0 Å². The number of anilines is 2. The fourth-order valence-corrected chi connectivity index (χ4v) is 3.30. The first kappa shape index (κ1) is 15.6. The highest BCUT2D eigenvalue weighted by Gasteiger charge is 2.22. The molecule has 2 aromatic carbocycles. The number of thioether (sulfide) groups is 1. The van der Waals surface area contributed by atoms with E-state index in [1.807, 2.05) is 54.8 Å². The predicted octanol–water partition coefficient (Wildman–Crippen LogP) is 3.79. The summed E-state index contributed by atoms with van der Waals surface area (Å²) in [5.41, 5.74) is 2.19. The van der Waals surface area contributed by atoms with Crippen molar-refractivity contribution in [1.29, 1.82) is 0 Å². The molecule has 118 valence electrons. The molecule has 3 rings (SSSR count). The minimum Gasteiger partial charge on any atom is -0.322 e. The second-order valence-corrected chi connectivity index (χ2v) is 6.20. The van der Waals surface area contributed by atoms with E-state index in [1.54, 1.807) is 16.7 Å². The summed E-state index contributed by atoms with van der Waals surface area (Å²) in [6.45, 7) is 0.742. The van der Waals surface area contributed by atoms with Gasteiger partial charge in [0.15, 0.2) is 0 Å². The second-order valence-electron chi connectivity index (χ2n) is 5.35. The highest BCUT2D eigenvalue weighted by molar-refractivity contribution is 7.98. The van der Waals surface area contributed by atoms with Crippen molar-refractivity contribution in [2.75, 3.05) is 23.0 Å². The number of rotatable bonds is 4. The van der Waals surface area contributed by atoms with Crippen LogP contribution in [0, 0.1) is 0 Å².